The summed E-state index contributed by atoms with van der Waals surface area (Å²) < 4.78 is 5.43. The number of fused-ring (bicyclic) bond motifs is 2. The van der Waals surface area contributed by atoms with Crippen molar-refractivity contribution in [2.24, 2.45) is 5.73 Å². The zero-order chi connectivity index (χ0) is 20.0. The third kappa shape index (κ3) is 2.86. The summed E-state index contributed by atoms with van der Waals surface area (Å²) in [5, 5.41) is 0.0358. The van der Waals surface area contributed by atoms with E-state index in [4.69, 9.17) is 10.5 Å². The van der Waals surface area contributed by atoms with Crippen molar-refractivity contribution in [3.05, 3.63) is 53.2 Å². The van der Waals surface area contributed by atoms with E-state index in [1.807, 2.05) is 19.1 Å². The molecule has 1 aromatic carbocycles. The number of benzene rings is 1. The second-order valence-corrected chi connectivity index (χ2v) is 8.07. The van der Waals surface area contributed by atoms with E-state index in [0.717, 1.165) is 11.3 Å². The first-order valence-electron chi connectivity index (χ1n) is 9.21. The minimum atomic E-state index is -0.665. The van der Waals surface area contributed by atoms with Crippen LogP contribution in [-0.4, -0.2) is 28.7 Å². The predicted octanol–water partition coefficient (Wildman–Crippen LogP) is 3.32. The Kier molecular flexibility index (Phi) is 4.63. The Balaban J connectivity index is 1.72. The topological polar surface area (TPSA) is 85.5 Å². The minimum absolute atomic E-state index is 0.263. The number of carbonyl (C=O) groups excluding carboxylic acids is 2. The summed E-state index contributed by atoms with van der Waals surface area (Å²) >= 11 is 1.30. The fourth-order valence-electron chi connectivity index (χ4n) is 3.37. The number of thioether (sulfide) groups is 1. The summed E-state index contributed by atoms with van der Waals surface area (Å²) in [4.78, 5) is 32.0. The van der Waals surface area contributed by atoms with Crippen molar-refractivity contribution < 1.29 is 14.3 Å². The van der Waals surface area contributed by atoms with Crippen LogP contribution in [0, 0.1) is 0 Å². The van der Waals surface area contributed by atoms with Gasteiger partial charge in [-0.15, -0.1) is 0 Å². The number of anilines is 1. The van der Waals surface area contributed by atoms with Gasteiger partial charge in [0.2, 0.25) is 0 Å². The number of imide groups is 1. The quantitative estimate of drug-likeness (QED) is 0.800. The summed E-state index contributed by atoms with van der Waals surface area (Å²) in [6.45, 7) is 6.57. The summed E-state index contributed by atoms with van der Waals surface area (Å²) in [6, 6.07) is 10.7. The number of aromatic nitrogens is 1. The molecule has 0 spiro atoms. The highest BCUT2D eigenvalue weighted by molar-refractivity contribution is 8.01. The molecular formula is C21H21N3O3S. The lowest BCUT2D eigenvalue weighted by atomic mass is 10.0. The summed E-state index contributed by atoms with van der Waals surface area (Å²) in [5.74, 6) is 0.287. The lowest BCUT2D eigenvalue weighted by Gasteiger charge is -2.20. The fraction of sp³-hybridized carbons (Fsp3) is 0.286. The Morgan fingerprint density at radius 1 is 1.18 bits per heavy atom. The van der Waals surface area contributed by atoms with Crippen LogP contribution in [0.25, 0.3) is 5.70 Å². The molecule has 2 N–H and O–H groups in total. The van der Waals surface area contributed by atoms with E-state index in [1.54, 1.807) is 24.3 Å². The molecule has 0 unspecified atom stereocenters. The molecule has 144 valence electrons. The number of carbonyl (C=O) groups is 2. The molecule has 28 heavy (non-hydrogen) atoms. The maximum atomic E-state index is 13.1. The standard InChI is InChI=1S/C21H21N3O3S/c1-4-27-13-7-5-12(6-8-13)24-20(25)16-17(22)14-9-10-15(11(2)3)23-19(14)28-18(16)21(24)26/h5-11,18H,4,22H2,1-3H3/t18-/m0/s1. The Bertz CT molecular complexity index is 998. The number of rotatable bonds is 4. The van der Waals surface area contributed by atoms with Gasteiger partial charge in [0.1, 0.15) is 16.0 Å². The monoisotopic (exact) mass is 395 g/mol. The Labute approximate surface area is 167 Å². The van der Waals surface area contributed by atoms with E-state index < -0.39 is 5.25 Å². The van der Waals surface area contributed by atoms with Crippen LogP contribution >= 0.6 is 11.8 Å². The first-order chi connectivity index (χ1) is 13.4. The van der Waals surface area contributed by atoms with Crippen LogP contribution in [0.15, 0.2) is 47.0 Å². The van der Waals surface area contributed by atoms with E-state index in [-0.39, 0.29) is 17.7 Å². The molecule has 1 atom stereocenters. The summed E-state index contributed by atoms with van der Waals surface area (Å²) in [6.07, 6.45) is 0. The Morgan fingerprint density at radius 2 is 1.89 bits per heavy atom. The van der Waals surface area contributed by atoms with Crippen molar-refractivity contribution in [3.63, 3.8) is 0 Å². The maximum absolute atomic E-state index is 13.1. The maximum Gasteiger partial charge on any atom is 0.264 e. The predicted molar refractivity (Wildman–Crippen MR) is 109 cm³/mol. The van der Waals surface area contributed by atoms with Crippen LogP contribution in [0.3, 0.4) is 0 Å². The molecule has 0 saturated carbocycles. The van der Waals surface area contributed by atoms with Crippen LogP contribution in [-0.2, 0) is 9.59 Å². The number of hydrogen-bond donors (Lipinski definition) is 1. The second-order valence-electron chi connectivity index (χ2n) is 6.97. The molecule has 2 aliphatic heterocycles. The molecule has 1 saturated heterocycles. The molecule has 0 radical (unpaired) electrons. The summed E-state index contributed by atoms with van der Waals surface area (Å²) in [5.41, 5.74) is 9.16. The fourth-order valence-corrected chi connectivity index (χ4v) is 4.61. The van der Waals surface area contributed by atoms with Crippen LogP contribution in [0.4, 0.5) is 5.69 Å². The highest BCUT2D eigenvalue weighted by atomic mass is 32.2. The molecule has 0 bridgehead atoms. The number of pyridine rings is 1. The number of ether oxygens (including phenoxy) is 1. The largest absolute Gasteiger partial charge is 0.494 e. The van der Waals surface area contributed by atoms with Crippen LogP contribution in [0.1, 0.15) is 37.9 Å². The van der Waals surface area contributed by atoms with Gasteiger partial charge in [0.05, 0.1) is 23.6 Å². The molecular weight excluding hydrogens is 374 g/mol. The van der Waals surface area contributed by atoms with Crippen LogP contribution in [0.2, 0.25) is 0 Å². The van der Waals surface area contributed by atoms with Crippen molar-refractivity contribution in [2.75, 3.05) is 11.5 Å². The number of nitrogens with zero attached hydrogens (tertiary/aromatic N) is 2. The van der Waals surface area contributed by atoms with Crippen molar-refractivity contribution in [2.45, 2.75) is 37.0 Å². The third-order valence-electron chi connectivity index (χ3n) is 4.83. The molecule has 2 aromatic rings. The lowest BCUT2D eigenvalue weighted by molar-refractivity contribution is -0.120. The second kappa shape index (κ2) is 6.98. The van der Waals surface area contributed by atoms with Crippen LogP contribution in [0.5, 0.6) is 5.75 Å². The van der Waals surface area contributed by atoms with Gasteiger partial charge >= 0.3 is 0 Å². The molecule has 3 heterocycles. The smallest absolute Gasteiger partial charge is 0.264 e. The van der Waals surface area contributed by atoms with Gasteiger partial charge in [-0.05, 0) is 49.2 Å². The van der Waals surface area contributed by atoms with Crippen molar-refractivity contribution in [1.29, 1.82) is 0 Å². The van der Waals surface area contributed by atoms with Gasteiger partial charge in [-0.2, -0.15) is 0 Å². The zero-order valence-electron chi connectivity index (χ0n) is 15.9. The first kappa shape index (κ1) is 18.6. The van der Waals surface area contributed by atoms with Gasteiger partial charge < -0.3 is 10.5 Å². The number of amides is 2. The first-order valence-corrected chi connectivity index (χ1v) is 10.1. The third-order valence-corrected chi connectivity index (χ3v) is 6.04. The van der Waals surface area contributed by atoms with E-state index in [9.17, 15) is 9.59 Å². The van der Waals surface area contributed by atoms with Crippen molar-refractivity contribution in [1.82, 2.24) is 4.98 Å². The van der Waals surface area contributed by atoms with E-state index in [0.29, 0.717) is 34.3 Å². The summed E-state index contributed by atoms with van der Waals surface area (Å²) in [7, 11) is 0. The molecule has 2 aliphatic rings. The minimum Gasteiger partial charge on any atom is -0.494 e. The van der Waals surface area contributed by atoms with E-state index in [2.05, 4.69) is 18.8 Å². The highest BCUT2D eigenvalue weighted by Crippen LogP contribution is 2.45. The molecule has 7 heteroatoms. The SMILES string of the molecule is CCOc1ccc(N2C(=O)C3=C(N)c4ccc(C(C)C)nc4S[C@@H]3C2=O)cc1. The van der Waals surface area contributed by atoms with Gasteiger partial charge in [0.25, 0.3) is 11.8 Å². The average Bonchev–Trinajstić information content (AvgIpc) is 2.93. The van der Waals surface area contributed by atoms with Crippen molar-refractivity contribution >= 4 is 35.0 Å². The normalized spacial score (nSPS) is 18.6. The average molecular weight is 395 g/mol. The molecule has 1 fully saturated rings. The Hall–Kier alpha value is -2.80. The molecule has 0 aliphatic carbocycles. The molecule has 6 nitrogen and oxygen atoms in total. The highest BCUT2D eigenvalue weighted by Gasteiger charge is 2.49. The zero-order valence-corrected chi connectivity index (χ0v) is 16.7. The van der Waals surface area contributed by atoms with Crippen molar-refractivity contribution in [3.8, 4) is 5.75 Å². The molecule has 4 rings (SSSR count). The van der Waals surface area contributed by atoms with Gasteiger partial charge in [-0.3, -0.25) is 9.59 Å². The number of hydrogen-bond acceptors (Lipinski definition) is 6. The van der Waals surface area contributed by atoms with Gasteiger partial charge in [0.15, 0.2) is 0 Å². The molecule has 2 amide bonds. The van der Waals surface area contributed by atoms with Gasteiger partial charge in [0, 0.05) is 11.3 Å². The molecule has 1 aromatic heterocycles. The van der Waals surface area contributed by atoms with E-state index in [1.165, 1.54) is 16.7 Å². The number of nitrogens with two attached hydrogens (primary N) is 1. The van der Waals surface area contributed by atoms with E-state index >= 15 is 0 Å². The van der Waals surface area contributed by atoms with Gasteiger partial charge in [-0.1, -0.05) is 25.6 Å². The van der Waals surface area contributed by atoms with Crippen LogP contribution < -0.4 is 15.4 Å². The lowest BCUT2D eigenvalue weighted by Crippen LogP contribution is -2.31. The van der Waals surface area contributed by atoms with Gasteiger partial charge in [-0.25, -0.2) is 9.88 Å². The Morgan fingerprint density at radius 3 is 2.54 bits per heavy atom.